The Labute approximate surface area is 85.1 Å². The second-order valence-electron chi connectivity index (χ2n) is 5.48. The van der Waals surface area contributed by atoms with Crippen LogP contribution in [0.15, 0.2) is 0 Å². The quantitative estimate of drug-likeness (QED) is 0.559. The first-order chi connectivity index (χ1) is 5.95. The van der Waals surface area contributed by atoms with Crippen molar-refractivity contribution in [2.24, 2.45) is 23.7 Å². The van der Waals surface area contributed by atoms with E-state index in [0.29, 0.717) is 0 Å². The smallest absolute Gasteiger partial charge is 0.0368 e. The summed E-state index contributed by atoms with van der Waals surface area (Å²) in [5, 5.41) is 0. The van der Waals surface area contributed by atoms with E-state index in [9.17, 15) is 0 Å². The lowest BCUT2D eigenvalue weighted by Crippen LogP contribution is -2.15. The highest BCUT2D eigenvalue weighted by Crippen LogP contribution is 2.26. The molecule has 0 atom stereocenters. The molecule has 0 nitrogen and oxygen atoms in total. The van der Waals surface area contributed by atoms with E-state index in [1.165, 1.54) is 19.3 Å². The maximum Gasteiger partial charge on any atom is -0.0368 e. The monoisotopic (exact) mass is 184 g/mol. The third-order valence-corrected chi connectivity index (χ3v) is 3.03. The van der Waals surface area contributed by atoms with E-state index in [-0.39, 0.29) is 0 Å². The van der Waals surface area contributed by atoms with Crippen LogP contribution in [0.5, 0.6) is 0 Å². The Kier molecular flexibility index (Phi) is 6.45. The fourth-order valence-corrected chi connectivity index (χ4v) is 2.20. The van der Waals surface area contributed by atoms with Crippen LogP contribution in [0.2, 0.25) is 0 Å². The van der Waals surface area contributed by atoms with Gasteiger partial charge in [0.15, 0.2) is 0 Å². The van der Waals surface area contributed by atoms with Crippen LogP contribution in [-0.4, -0.2) is 0 Å². The normalized spacial score (nSPS) is 12.5. The van der Waals surface area contributed by atoms with E-state index >= 15 is 0 Å². The first-order valence-electron chi connectivity index (χ1n) is 5.95. The summed E-state index contributed by atoms with van der Waals surface area (Å²) in [6, 6.07) is 0. The molecule has 0 aromatic heterocycles. The van der Waals surface area contributed by atoms with E-state index in [4.69, 9.17) is 0 Å². The predicted molar refractivity (Wildman–Crippen MR) is 61.9 cm³/mol. The minimum Gasteiger partial charge on any atom is -0.0628 e. The van der Waals surface area contributed by atoms with Gasteiger partial charge in [-0.15, -0.1) is 0 Å². The fourth-order valence-electron chi connectivity index (χ4n) is 2.20. The number of rotatable bonds is 6. The van der Waals surface area contributed by atoms with Crippen molar-refractivity contribution in [1.82, 2.24) is 0 Å². The molecule has 0 heteroatoms. The van der Waals surface area contributed by atoms with Gasteiger partial charge >= 0.3 is 0 Å². The van der Waals surface area contributed by atoms with E-state index in [2.05, 4.69) is 41.5 Å². The van der Waals surface area contributed by atoms with Crippen LogP contribution >= 0.6 is 0 Å². The minimum absolute atomic E-state index is 0.854. The second-order valence-corrected chi connectivity index (χ2v) is 5.48. The van der Waals surface area contributed by atoms with Crippen molar-refractivity contribution in [2.75, 3.05) is 0 Å². The number of hydrogen-bond donors (Lipinski definition) is 0. The average Bonchev–Trinajstić information content (AvgIpc) is 1.95. The Bertz CT molecular complexity index is 103. The molecule has 0 amide bonds. The molecule has 0 saturated heterocycles. The van der Waals surface area contributed by atoms with Crippen molar-refractivity contribution in [2.45, 2.75) is 60.8 Å². The van der Waals surface area contributed by atoms with Gasteiger partial charge in [-0.2, -0.15) is 0 Å². The molecule has 0 radical (unpaired) electrons. The lowest BCUT2D eigenvalue weighted by molar-refractivity contribution is 0.258. The van der Waals surface area contributed by atoms with Gasteiger partial charge in [-0.1, -0.05) is 54.4 Å². The standard InChI is InChI=1S/C13H28/c1-10(2)8-7-9-13(11(3)4)12(5)6/h10-13H,7-9H2,1-6H3. The van der Waals surface area contributed by atoms with Crippen LogP contribution in [-0.2, 0) is 0 Å². The van der Waals surface area contributed by atoms with Crippen molar-refractivity contribution in [1.29, 1.82) is 0 Å². The molecule has 80 valence electrons. The second kappa shape index (κ2) is 6.45. The molecule has 0 heterocycles. The van der Waals surface area contributed by atoms with Gasteiger partial charge in [-0.25, -0.2) is 0 Å². The molecule has 0 N–H and O–H groups in total. The third kappa shape index (κ3) is 6.12. The molecule has 0 aliphatic carbocycles. The fraction of sp³-hybridized carbons (Fsp3) is 1.00. The molecule has 0 fully saturated rings. The summed E-state index contributed by atoms with van der Waals surface area (Å²) in [6.45, 7) is 14.1. The highest BCUT2D eigenvalue weighted by molar-refractivity contribution is 4.67. The van der Waals surface area contributed by atoms with Crippen LogP contribution in [0.25, 0.3) is 0 Å². The molecule has 0 unspecified atom stereocenters. The summed E-state index contributed by atoms with van der Waals surface area (Å²) in [5.41, 5.74) is 0. The first-order valence-corrected chi connectivity index (χ1v) is 5.95. The van der Waals surface area contributed by atoms with Gasteiger partial charge in [0.1, 0.15) is 0 Å². The van der Waals surface area contributed by atoms with Gasteiger partial charge in [0.2, 0.25) is 0 Å². The molecule has 0 saturated carbocycles. The molecule has 0 aromatic carbocycles. The predicted octanol–water partition coefficient (Wildman–Crippen LogP) is 4.74. The maximum atomic E-state index is 2.36. The Morgan fingerprint density at radius 3 is 1.46 bits per heavy atom. The lowest BCUT2D eigenvalue weighted by Gasteiger charge is -2.25. The minimum atomic E-state index is 0.854. The molecule has 0 aliphatic heterocycles. The first kappa shape index (κ1) is 13.0. The van der Waals surface area contributed by atoms with Crippen molar-refractivity contribution in [3.8, 4) is 0 Å². The van der Waals surface area contributed by atoms with Crippen molar-refractivity contribution < 1.29 is 0 Å². The van der Waals surface area contributed by atoms with Crippen molar-refractivity contribution in [3.05, 3.63) is 0 Å². The maximum absolute atomic E-state index is 2.36. The number of hydrogen-bond acceptors (Lipinski definition) is 0. The Balaban J connectivity index is 3.70. The Hall–Kier alpha value is 0. The highest BCUT2D eigenvalue weighted by Gasteiger charge is 2.16. The van der Waals surface area contributed by atoms with E-state index in [1.807, 2.05) is 0 Å². The lowest BCUT2D eigenvalue weighted by atomic mass is 9.81. The van der Waals surface area contributed by atoms with Gasteiger partial charge in [0.05, 0.1) is 0 Å². The van der Waals surface area contributed by atoms with Crippen LogP contribution in [0, 0.1) is 23.7 Å². The zero-order valence-corrected chi connectivity index (χ0v) is 10.4. The molecule has 0 spiro atoms. The van der Waals surface area contributed by atoms with Gasteiger partial charge in [-0.3, -0.25) is 0 Å². The molecular formula is C13H28. The van der Waals surface area contributed by atoms with Crippen LogP contribution in [0.3, 0.4) is 0 Å². The summed E-state index contributed by atoms with van der Waals surface area (Å²) >= 11 is 0. The molecule has 0 aliphatic rings. The average molecular weight is 184 g/mol. The third-order valence-electron chi connectivity index (χ3n) is 3.03. The molecule has 0 bridgehead atoms. The summed E-state index contributed by atoms with van der Waals surface area (Å²) in [7, 11) is 0. The summed E-state index contributed by atoms with van der Waals surface area (Å²) in [6.07, 6.45) is 4.24. The van der Waals surface area contributed by atoms with Crippen LogP contribution in [0.1, 0.15) is 60.8 Å². The van der Waals surface area contributed by atoms with Crippen molar-refractivity contribution in [3.63, 3.8) is 0 Å². The molecule has 13 heavy (non-hydrogen) atoms. The van der Waals surface area contributed by atoms with Gasteiger partial charge in [0.25, 0.3) is 0 Å². The molecular weight excluding hydrogens is 156 g/mol. The largest absolute Gasteiger partial charge is 0.0628 e. The highest BCUT2D eigenvalue weighted by atomic mass is 14.2. The summed E-state index contributed by atoms with van der Waals surface area (Å²) < 4.78 is 0. The Morgan fingerprint density at radius 1 is 0.692 bits per heavy atom. The Morgan fingerprint density at radius 2 is 1.15 bits per heavy atom. The topological polar surface area (TPSA) is 0 Å². The van der Waals surface area contributed by atoms with Gasteiger partial charge in [-0.05, 0) is 30.1 Å². The van der Waals surface area contributed by atoms with Crippen LogP contribution < -0.4 is 0 Å². The van der Waals surface area contributed by atoms with Crippen LogP contribution in [0.4, 0.5) is 0 Å². The van der Waals surface area contributed by atoms with Crippen molar-refractivity contribution >= 4 is 0 Å². The molecule has 0 rings (SSSR count). The molecule has 0 aromatic rings. The van der Waals surface area contributed by atoms with E-state index in [1.54, 1.807) is 0 Å². The van der Waals surface area contributed by atoms with Gasteiger partial charge < -0.3 is 0 Å². The van der Waals surface area contributed by atoms with E-state index < -0.39 is 0 Å². The van der Waals surface area contributed by atoms with E-state index in [0.717, 1.165) is 23.7 Å². The SMILES string of the molecule is CC(C)CCCC(C(C)C)C(C)C. The zero-order chi connectivity index (χ0) is 10.4. The summed E-state index contributed by atoms with van der Waals surface area (Å²) in [5.74, 6) is 3.51. The van der Waals surface area contributed by atoms with Gasteiger partial charge in [0, 0.05) is 0 Å². The zero-order valence-electron chi connectivity index (χ0n) is 10.4. The summed E-state index contributed by atoms with van der Waals surface area (Å²) in [4.78, 5) is 0.